The molecule has 0 spiro atoms. The maximum absolute atomic E-state index is 17.1. The summed E-state index contributed by atoms with van der Waals surface area (Å²) in [5.41, 5.74) is 6.75. The first-order chi connectivity index (χ1) is 36.8. The van der Waals surface area contributed by atoms with Crippen LogP contribution in [-0.4, -0.2) is 37.0 Å². The zero-order chi connectivity index (χ0) is 50.6. The van der Waals surface area contributed by atoms with Gasteiger partial charge in [-0.3, -0.25) is 0 Å². The lowest BCUT2D eigenvalue weighted by Crippen LogP contribution is -2.21. The van der Waals surface area contributed by atoms with Gasteiger partial charge in [-0.2, -0.15) is 0 Å². The number of fused-ring (bicyclic) bond motifs is 6. The van der Waals surface area contributed by atoms with Gasteiger partial charge in [-0.15, -0.1) is 0 Å². The van der Waals surface area contributed by atoms with Crippen molar-refractivity contribution in [2.45, 2.75) is 19.3 Å². The van der Waals surface area contributed by atoms with Crippen molar-refractivity contribution in [3.63, 3.8) is 0 Å². The summed E-state index contributed by atoms with van der Waals surface area (Å²) in [7, 11) is -10.0. The minimum atomic E-state index is -3.35. The second-order valence-corrected chi connectivity index (χ2v) is 30.0. The summed E-state index contributed by atoms with van der Waals surface area (Å²) in [4.78, 5) is 0. The van der Waals surface area contributed by atoms with E-state index in [2.05, 4.69) is 237 Å². The molecule has 12 aromatic carbocycles. The smallest absolute Gasteiger partial charge is 0.116 e. The monoisotopic (exact) mass is 1030 g/mol. The van der Waals surface area contributed by atoms with Crippen molar-refractivity contribution >= 4 is 102 Å². The summed E-state index contributed by atoms with van der Waals surface area (Å²) in [5.74, 6) is 0. The first-order valence-electron chi connectivity index (χ1n) is 26.6. The predicted molar refractivity (Wildman–Crippen MR) is 325 cm³/mol. The Bertz CT molecular complexity index is 3680. The maximum Gasteiger partial charge on any atom is 0.116 e. The average molecular weight is 1030 g/mol. The molecule has 6 heteroatoms. The van der Waals surface area contributed by atoms with Crippen molar-refractivity contribution in [3.8, 4) is 33.4 Å². The van der Waals surface area contributed by atoms with Gasteiger partial charge in [-0.05, 0) is 117 Å². The van der Waals surface area contributed by atoms with Crippen LogP contribution in [-0.2, 0) is 13.7 Å². The fourth-order valence-corrected chi connectivity index (χ4v) is 23.7. The topological polar surface area (TPSA) is 51.2 Å². The highest BCUT2D eigenvalue weighted by molar-refractivity contribution is 7.74. The molecular formula is C69H57O3P3. The Morgan fingerprint density at radius 1 is 0.200 bits per heavy atom. The summed E-state index contributed by atoms with van der Waals surface area (Å²) in [6.45, 7) is 0. The van der Waals surface area contributed by atoms with Crippen LogP contribution in [0.15, 0.2) is 237 Å². The van der Waals surface area contributed by atoms with Crippen molar-refractivity contribution < 1.29 is 13.7 Å². The second kappa shape index (κ2) is 19.5. The molecule has 1 fully saturated rings. The van der Waals surface area contributed by atoms with Crippen molar-refractivity contribution in [2.75, 3.05) is 37.0 Å². The molecule has 0 saturated carbocycles. The van der Waals surface area contributed by atoms with Crippen molar-refractivity contribution in [3.05, 3.63) is 237 Å². The van der Waals surface area contributed by atoms with Crippen LogP contribution in [0.1, 0.15) is 19.3 Å². The molecule has 1 aliphatic rings. The van der Waals surface area contributed by atoms with E-state index in [1.807, 2.05) is 0 Å². The molecule has 1 aliphatic heterocycles. The molecule has 0 atom stereocenters. The normalized spacial score (nSPS) is 19.8. The number of benzene rings is 12. The van der Waals surface area contributed by atoms with Crippen LogP contribution in [0.4, 0.5) is 0 Å². The van der Waals surface area contributed by atoms with Gasteiger partial charge in [0.15, 0.2) is 0 Å². The fraction of sp³-hybridized carbons (Fsp3) is 0.130. The van der Waals surface area contributed by atoms with Gasteiger partial charge in [0.2, 0.25) is 0 Å². The van der Waals surface area contributed by atoms with Crippen LogP contribution in [0, 0.1) is 0 Å². The SMILES string of the molecule is O=P1(c2c3ccccc3c(-c3ccccc3)c3ccccc23)CCCP(=O)(c2c3ccccc3c(-c3ccccc3)c3ccccc23)CCCP(=O)(c2c3ccccc3c(-c3ccccc3)c3ccccc23)CCC1. The Morgan fingerprint density at radius 3 is 0.547 bits per heavy atom. The molecule has 12 aromatic rings. The van der Waals surface area contributed by atoms with E-state index in [0.29, 0.717) is 56.2 Å². The van der Waals surface area contributed by atoms with Crippen LogP contribution in [0.3, 0.4) is 0 Å². The molecule has 0 aromatic heterocycles. The second-order valence-electron chi connectivity index (χ2n) is 20.6. The van der Waals surface area contributed by atoms with Crippen LogP contribution in [0.2, 0.25) is 0 Å². The van der Waals surface area contributed by atoms with E-state index >= 15 is 13.7 Å². The van der Waals surface area contributed by atoms with Crippen LogP contribution in [0.25, 0.3) is 98.0 Å². The highest BCUT2D eigenvalue weighted by Gasteiger charge is 2.38. The molecule has 1 heterocycles. The first-order valence-corrected chi connectivity index (χ1v) is 32.8. The van der Waals surface area contributed by atoms with Gasteiger partial charge >= 0.3 is 0 Å². The molecule has 1 saturated heterocycles. The molecule has 0 amide bonds. The average Bonchev–Trinajstić information content (AvgIpc) is 3.45. The Balaban J connectivity index is 1.04. The van der Waals surface area contributed by atoms with Gasteiger partial charge in [-0.25, -0.2) is 0 Å². The summed E-state index contributed by atoms with van der Waals surface area (Å²) in [6, 6.07) is 82.7. The molecule has 75 heavy (non-hydrogen) atoms. The third-order valence-corrected chi connectivity index (χ3v) is 26.4. The predicted octanol–water partition coefficient (Wildman–Crippen LogP) is 18.2. The van der Waals surface area contributed by atoms with Crippen LogP contribution >= 0.6 is 21.4 Å². The Labute approximate surface area is 439 Å². The van der Waals surface area contributed by atoms with Gasteiger partial charge in [0.25, 0.3) is 0 Å². The summed E-state index contributed by atoms with van der Waals surface area (Å²) < 4.78 is 51.3. The minimum absolute atomic E-state index is 0.398. The minimum Gasteiger partial charge on any atom is -0.319 e. The molecule has 0 aliphatic carbocycles. The molecule has 0 unspecified atom stereocenters. The van der Waals surface area contributed by atoms with E-state index in [-0.39, 0.29) is 0 Å². The molecule has 0 bridgehead atoms. The van der Waals surface area contributed by atoms with E-state index in [1.54, 1.807) is 0 Å². The Kier molecular flexibility index (Phi) is 12.4. The Hall–Kier alpha value is -7.11. The standard InChI is InChI=1S/C69H57O3P3/c70-73(67-58-37-16-10-31-52(58)64(49-25-4-1-5-26-49)53-32-11-17-38-59(53)67)43-22-45-74(71,68-60-39-18-12-33-54(60)65(50-27-6-2-7-28-50)55-34-13-19-40-61(55)68)47-24-48-75(72,46-23-44-73)69-62-41-20-14-35-56(62)66(51-29-8-3-9-30-51)57-36-15-21-42-63(57)69/h1-21,25-42H,22-24,43-48H2. The van der Waals surface area contributed by atoms with Gasteiger partial charge in [-0.1, -0.05) is 237 Å². The van der Waals surface area contributed by atoms with Gasteiger partial charge in [0.05, 0.1) is 0 Å². The quantitative estimate of drug-likeness (QED) is 0.123. The largest absolute Gasteiger partial charge is 0.319 e. The number of hydrogen-bond acceptors (Lipinski definition) is 3. The summed E-state index contributed by atoms with van der Waals surface area (Å²) in [6.07, 6.45) is 4.00. The maximum atomic E-state index is 17.1. The van der Waals surface area contributed by atoms with Gasteiger partial charge in [0, 0.05) is 52.9 Å². The number of hydrogen-bond donors (Lipinski definition) is 0. The molecule has 366 valence electrons. The lowest BCUT2D eigenvalue weighted by atomic mass is 9.92. The third-order valence-electron chi connectivity index (χ3n) is 16.2. The van der Waals surface area contributed by atoms with E-state index < -0.39 is 21.4 Å². The van der Waals surface area contributed by atoms with E-state index in [1.165, 1.54) is 0 Å². The highest BCUT2D eigenvalue weighted by Crippen LogP contribution is 2.59. The first kappa shape index (κ1) is 47.6. The van der Waals surface area contributed by atoms with E-state index in [4.69, 9.17) is 0 Å². The summed E-state index contributed by atoms with van der Waals surface area (Å²) >= 11 is 0. The van der Waals surface area contributed by atoms with Crippen LogP contribution < -0.4 is 15.9 Å². The van der Waals surface area contributed by atoms with Crippen molar-refractivity contribution in [1.82, 2.24) is 0 Å². The lowest BCUT2D eigenvalue weighted by Gasteiger charge is -2.30. The highest BCUT2D eigenvalue weighted by atomic mass is 31.2. The lowest BCUT2D eigenvalue weighted by molar-refractivity contribution is 0.572. The zero-order valence-corrected chi connectivity index (χ0v) is 44.6. The summed E-state index contributed by atoms with van der Waals surface area (Å²) in [5, 5.41) is 15.1. The van der Waals surface area contributed by atoms with Crippen molar-refractivity contribution in [1.29, 1.82) is 0 Å². The fourth-order valence-electron chi connectivity index (χ4n) is 13.1. The molecule has 13 rings (SSSR count). The number of rotatable bonds is 6. The van der Waals surface area contributed by atoms with Gasteiger partial charge in [0.1, 0.15) is 21.4 Å². The molecule has 0 radical (unpaired) electrons. The van der Waals surface area contributed by atoms with Crippen LogP contribution in [0.5, 0.6) is 0 Å². The molecule has 0 N–H and O–H groups in total. The van der Waals surface area contributed by atoms with E-state index in [9.17, 15) is 0 Å². The third kappa shape index (κ3) is 8.24. The molecule has 3 nitrogen and oxygen atoms in total. The molecular weight excluding hydrogens is 970 g/mol. The Morgan fingerprint density at radius 2 is 0.360 bits per heavy atom. The van der Waals surface area contributed by atoms with E-state index in [0.717, 1.165) is 114 Å². The van der Waals surface area contributed by atoms with Crippen molar-refractivity contribution in [2.24, 2.45) is 0 Å². The zero-order valence-electron chi connectivity index (χ0n) is 41.9. The van der Waals surface area contributed by atoms with Gasteiger partial charge < -0.3 is 13.7 Å².